The van der Waals surface area contributed by atoms with Crippen LogP contribution in [0.5, 0.6) is 0 Å². The fourth-order valence-corrected chi connectivity index (χ4v) is 2.63. The number of aromatic nitrogens is 2. The van der Waals surface area contributed by atoms with Gasteiger partial charge < -0.3 is 10.4 Å². The molecule has 20 heavy (non-hydrogen) atoms. The molecular weight excluding hydrogens is 254 g/mol. The topological polar surface area (TPSA) is 67.2 Å². The monoisotopic (exact) mass is 271 g/mol. The van der Waals surface area contributed by atoms with Crippen LogP contribution < -0.4 is 5.32 Å². The molecule has 0 bridgehead atoms. The molecule has 0 fully saturated rings. The van der Waals surface area contributed by atoms with E-state index in [0.29, 0.717) is 30.0 Å². The van der Waals surface area contributed by atoms with Crippen LogP contribution in [0.4, 0.5) is 5.82 Å². The lowest BCUT2D eigenvalue weighted by molar-refractivity contribution is 0.0697. The van der Waals surface area contributed by atoms with Crippen molar-refractivity contribution >= 4 is 11.8 Å². The smallest absolute Gasteiger partial charge is 0.341 e. The summed E-state index contributed by atoms with van der Waals surface area (Å²) in [6, 6.07) is 8.35. The van der Waals surface area contributed by atoms with E-state index in [1.54, 1.807) is 4.68 Å². The van der Waals surface area contributed by atoms with Crippen LogP contribution in [0, 0.1) is 6.92 Å². The van der Waals surface area contributed by atoms with Crippen molar-refractivity contribution in [2.45, 2.75) is 32.9 Å². The Morgan fingerprint density at radius 2 is 2.15 bits per heavy atom. The molecule has 5 nitrogen and oxygen atoms in total. The van der Waals surface area contributed by atoms with Gasteiger partial charge in [0.25, 0.3) is 0 Å². The van der Waals surface area contributed by atoms with Gasteiger partial charge in [0.05, 0.1) is 18.3 Å². The fourth-order valence-electron chi connectivity index (χ4n) is 2.63. The average Bonchev–Trinajstić information content (AvgIpc) is 2.95. The van der Waals surface area contributed by atoms with Gasteiger partial charge in [0, 0.05) is 0 Å². The summed E-state index contributed by atoms with van der Waals surface area (Å²) in [7, 11) is 0. The van der Waals surface area contributed by atoms with Gasteiger partial charge in [-0.05, 0) is 18.9 Å². The number of carboxylic acids is 1. The average molecular weight is 271 g/mol. The minimum atomic E-state index is -0.917. The van der Waals surface area contributed by atoms with Crippen LogP contribution in [0.25, 0.3) is 0 Å². The second-order valence-corrected chi connectivity index (χ2v) is 5.12. The lowest BCUT2D eigenvalue weighted by atomic mass is 10.1. The number of benzene rings is 1. The fraction of sp³-hybridized carbons (Fsp3) is 0.333. The van der Waals surface area contributed by atoms with E-state index in [4.69, 9.17) is 0 Å². The summed E-state index contributed by atoms with van der Waals surface area (Å²) in [5, 5.41) is 17.0. The number of carbonyl (C=O) groups is 1. The third kappa shape index (κ3) is 1.95. The van der Waals surface area contributed by atoms with E-state index in [0.717, 1.165) is 5.56 Å². The number of hydrogen-bond acceptors (Lipinski definition) is 3. The van der Waals surface area contributed by atoms with Crippen LogP contribution >= 0.6 is 0 Å². The van der Waals surface area contributed by atoms with Crippen molar-refractivity contribution in [2.24, 2.45) is 0 Å². The molecule has 0 aliphatic carbocycles. The number of nitrogens with zero attached hydrogens (tertiary/aromatic N) is 2. The van der Waals surface area contributed by atoms with Gasteiger partial charge in [0.1, 0.15) is 11.4 Å². The first-order valence-electron chi connectivity index (χ1n) is 6.76. The van der Waals surface area contributed by atoms with Crippen molar-refractivity contribution in [3.63, 3.8) is 0 Å². The van der Waals surface area contributed by atoms with E-state index in [1.807, 2.05) is 13.8 Å². The number of carboxylic acid groups (broad SMARTS) is 1. The highest BCUT2D eigenvalue weighted by atomic mass is 16.4. The van der Waals surface area contributed by atoms with E-state index in [9.17, 15) is 9.90 Å². The molecule has 2 N–H and O–H groups in total. The largest absolute Gasteiger partial charge is 0.477 e. The number of nitrogens with one attached hydrogen (secondary N) is 1. The van der Waals surface area contributed by atoms with Gasteiger partial charge in [-0.3, -0.25) is 0 Å². The molecule has 0 unspecified atom stereocenters. The number of aryl methyl sites for hydroxylation is 2. The zero-order valence-electron chi connectivity index (χ0n) is 11.6. The Kier molecular flexibility index (Phi) is 2.97. The van der Waals surface area contributed by atoms with Gasteiger partial charge in [-0.2, -0.15) is 5.10 Å². The second-order valence-electron chi connectivity index (χ2n) is 5.12. The lowest BCUT2D eigenvalue weighted by Gasteiger charge is -2.11. The van der Waals surface area contributed by atoms with Crippen LogP contribution in [0.3, 0.4) is 0 Å². The van der Waals surface area contributed by atoms with Crippen LogP contribution in [-0.4, -0.2) is 20.9 Å². The molecule has 2 heterocycles. The lowest BCUT2D eigenvalue weighted by Crippen LogP contribution is -2.10. The van der Waals surface area contributed by atoms with Crippen LogP contribution in [0.2, 0.25) is 0 Å². The third-order valence-electron chi connectivity index (χ3n) is 3.72. The normalized spacial score (nSPS) is 16.8. The molecule has 1 aromatic heterocycles. The summed E-state index contributed by atoms with van der Waals surface area (Å²) in [4.78, 5) is 11.4. The standard InChI is InChI=1S/C15H17N3O2/c1-3-11-13(15(19)20)14-16-12(8-18(14)17-11)10-6-4-9(2)5-7-10/h4-7,12,16H,3,8H2,1-2H3,(H,19,20)/t12-/m1/s1. The second kappa shape index (κ2) is 4.67. The van der Waals surface area contributed by atoms with E-state index >= 15 is 0 Å². The summed E-state index contributed by atoms with van der Waals surface area (Å²) in [6.07, 6.45) is 0.624. The SMILES string of the molecule is CCc1nn2c(c1C(=O)O)N[C@@H](c1ccc(C)cc1)C2. The molecule has 1 aliphatic heterocycles. The van der Waals surface area contributed by atoms with E-state index in [1.165, 1.54) is 5.56 Å². The first-order chi connectivity index (χ1) is 9.60. The molecule has 5 heteroatoms. The summed E-state index contributed by atoms with van der Waals surface area (Å²) in [6.45, 7) is 4.63. The van der Waals surface area contributed by atoms with Crippen LogP contribution in [-0.2, 0) is 13.0 Å². The summed E-state index contributed by atoms with van der Waals surface area (Å²) >= 11 is 0. The minimum Gasteiger partial charge on any atom is -0.477 e. The number of rotatable bonds is 3. The Bertz CT molecular complexity index is 659. The van der Waals surface area contributed by atoms with Crippen molar-refractivity contribution in [1.82, 2.24) is 9.78 Å². The molecule has 0 radical (unpaired) electrons. The summed E-state index contributed by atoms with van der Waals surface area (Å²) in [5.74, 6) is -0.292. The molecule has 2 aromatic rings. The van der Waals surface area contributed by atoms with Gasteiger partial charge in [0.15, 0.2) is 0 Å². The molecule has 0 saturated carbocycles. The van der Waals surface area contributed by atoms with Gasteiger partial charge in [-0.1, -0.05) is 36.8 Å². The van der Waals surface area contributed by atoms with Crippen molar-refractivity contribution in [1.29, 1.82) is 0 Å². The van der Waals surface area contributed by atoms with Gasteiger partial charge in [-0.25, -0.2) is 9.48 Å². The molecule has 1 aliphatic rings. The molecule has 0 spiro atoms. The Morgan fingerprint density at radius 3 is 2.75 bits per heavy atom. The Hall–Kier alpha value is -2.30. The molecule has 1 atom stereocenters. The highest BCUT2D eigenvalue weighted by Gasteiger charge is 2.30. The number of hydrogen-bond donors (Lipinski definition) is 2. The van der Waals surface area contributed by atoms with Crippen molar-refractivity contribution in [2.75, 3.05) is 5.32 Å². The van der Waals surface area contributed by atoms with E-state index in [2.05, 4.69) is 34.7 Å². The van der Waals surface area contributed by atoms with E-state index < -0.39 is 5.97 Å². The predicted molar refractivity (Wildman–Crippen MR) is 76.1 cm³/mol. The minimum absolute atomic E-state index is 0.0853. The Balaban J connectivity index is 1.93. The van der Waals surface area contributed by atoms with Gasteiger partial charge in [-0.15, -0.1) is 0 Å². The third-order valence-corrected chi connectivity index (χ3v) is 3.72. The number of fused-ring (bicyclic) bond motifs is 1. The van der Waals surface area contributed by atoms with Crippen molar-refractivity contribution in [3.8, 4) is 0 Å². The number of aromatic carboxylic acids is 1. The molecule has 0 amide bonds. The maximum Gasteiger partial charge on any atom is 0.341 e. The molecular formula is C15H17N3O2. The first kappa shape index (κ1) is 12.7. The molecule has 3 rings (SSSR count). The molecule has 104 valence electrons. The summed E-state index contributed by atoms with van der Waals surface area (Å²) < 4.78 is 1.77. The molecule has 0 saturated heterocycles. The quantitative estimate of drug-likeness (QED) is 0.900. The highest BCUT2D eigenvalue weighted by Crippen LogP contribution is 2.33. The van der Waals surface area contributed by atoms with Crippen molar-refractivity contribution < 1.29 is 9.90 Å². The zero-order chi connectivity index (χ0) is 14.3. The van der Waals surface area contributed by atoms with Gasteiger partial charge in [0.2, 0.25) is 0 Å². The van der Waals surface area contributed by atoms with E-state index in [-0.39, 0.29) is 6.04 Å². The van der Waals surface area contributed by atoms with Crippen molar-refractivity contribution in [3.05, 3.63) is 46.6 Å². The van der Waals surface area contributed by atoms with Gasteiger partial charge >= 0.3 is 5.97 Å². The predicted octanol–water partition coefficient (Wildman–Crippen LogP) is 2.62. The maximum absolute atomic E-state index is 11.4. The number of anilines is 1. The highest BCUT2D eigenvalue weighted by molar-refractivity contribution is 5.95. The zero-order valence-corrected chi connectivity index (χ0v) is 11.6. The molecule has 1 aromatic carbocycles. The summed E-state index contributed by atoms with van der Waals surface area (Å²) in [5.41, 5.74) is 3.31. The van der Waals surface area contributed by atoms with Crippen LogP contribution in [0.1, 0.15) is 40.1 Å². The maximum atomic E-state index is 11.4. The Morgan fingerprint density at radius 1 is 1.45 bits per heavy atom. The Labute approximate surface area is 117 Å². The van der Waals surface area contributed by atoms with Crippen LogP contribution in [0.15, 0.2) is 24.3 Å². The first-order valence-corrected chi connectivity index (χ1v) is 6.76.